The monoisotopic (exact) mass is 387 g/mol. The van der Waals surface area contributed by atoms with Crippen molar-refractivity contribution < 1.29 is 10.2 Å². The lowest BCUT2D eigenvalue weighted by Gasteiger charge is -2.31. The van der Waals surface area contributed by atoms with Crippen molar-refractivity contribution in [3.63, 3.8) is 0 Å². The molecule has 0 fully saturated rings. The maximum absolute atomic E-state index is 9.97. The zero-order valence-corrected chi connectivity index (χ0v) is 13.6. The van der Waals surface area contributed by atoms with Crippen molar-refractivity contribution in [1.29, 1.82) is 0 Å². The van der Waals surface area contributed by atoms with Crippen LogP contribution in [0.25, 0.3) is 0 Å². The Hall–Kier alpha value is 0.190. The summed E-state index contributed by atoms with van der Waals surface area (Å²) in [6, 6.07) is 3.10. The first-order chi connectivity index (χ1) is 7.31. The van der Waals surface area contributed by atoms with Gasteiger partial charge in [0.2, 0.25) is 0 Å². The molecule has 1 rings (SSSR count). The Balaban J connectivity index is 0.00000256. The first-order valence-corrected chi connectivity index (χ1v) is 6.43. The second kappa shape index (κ2) is 6.38. The smallest absolute Gasteiger partial charge is 0.135 e. The molecular formula is C11H16Br2ClNO2. The van der Waals surface area contributed by atoms with E-state index < -0.39 is 11.5 Å². The van der Waals surface area contributed by atoms with Gasteiger partial charge in [-0.15, -0.1) is 12.4 Å². The van der Waals surface area contributed by atoms with E-state index >= 15 is 0 Å². The molecule has 0 amide bonds. The SMILES string of the molecule is CC(C)(CO)[C@@H](N)c1c(Br)ccc(Br)c1O.Cl. The average molecular weight is 390 g/mol. The summed E-state index contributed by atoms with van der Waals surface area (Å²) in [6.45, 7) is 3.65. The lowest BCUT2D eigenvalue weighted by Crippen LogP contribution is -2.32. The van der Waals surface area contributed by atoms with Crippen LogP contribution in [0.15, 0.2) is 21.1 Å². The standard InChI is InChI=1S/C11H15Br2NO2.ClH/c1-11(2,5-15)10(14)8-6(12)3-4-7(13)9(8)16;/h3-4,10,15-16H,5,14H2,1-2H3;1H/t10-;/m0./s1. The Morgan fingerprint density at radius 1 is 1.29 bits per heavy atom. The third-order valence-electron chi connectivity index (χ3n) is 2.68. The van der Waals surface area contributed by atoms with Gasteiger partial charge in [0.05, 0.1) is 4.47 Å². The van der Waals surface area contributed by atoms with Crippen LogP contribution in [0.2, 0.25) is 0 Å². The van der Waals surface area contributed by atoms with Crippen molar-refractivity contribution in [2.45, 2.75) is 19.9 Å². The molecule has 0 radical (unpaired) electrons. The molecule has 0 aliphatic rings. The molecule has 3 nitrogen and oxygen atoms in total. The number of phenolic OH excluding ortho intramolecular Hbond substituents is 1. The van der Waals surface area contributed by atoms with E-state index in [0.717, 1.165) is 4.47 Å². The number of aromatic hydroxyl groups is 1. The Morgan fingerprint density at radius 3 is 2.24 bits per heavy atom. The fourth-order valence-electron chi connectivity index (χ4n) is 1.34. The van der Waals surface area contributed by atoms with Crippen LogP contribution in [0.1, 0.15) is 25.5 Å². The molecule has 1 aromatic carbocycles. The topological polar surface area (TPSA) is 66.5 Å². The first-order valence-electron chi connectivity index (χ1n) is 4.84. The van der Waals surface area contributed by atoms with Crippen LogP contribution >= 0.6 is 44.3 Å². The van der Waals surface area contributed by atoms with E-state index in [1.807, 2.05) is 19.9 Å². The summed E-state index contributed by atoms with van der Waals surface area (Å²) in [5.41, 5.74) is 6.19. The number of aliphatic hydroxyl groups is 1. The predicted molar refractivity (Wildman–Crippen MR) is 78.6 cm³/mol. The minimum absolute atomic E-state index is 0. The molecule has 0 unspecified atom stereocenters. The van der Waals surface area contributed by atoms with Gasteiger partial charge in [0.1, 0.15) is 5.75 Å². The van der Waals surface area contributed by atoms with E-state index in [0.29, 0.717) is 10.0 Å². The van der Waals surface area contributed by atoms with E-state index in [-0.39, 0.29) is 24.8 Å². The summed E-state index contributed by atoms with van der Waals surface area (Å²) in [4.78, 5) is 0. The molecule has 4 N–H and O–H groups in total. The summed E-state index contributed by atoms with van der Waals surface area (Å²) in [6.07, 6.45) is 0. The summed E-state index contributed by atoms with van der Waals surface area (Å²) in [7, 11) is 0. The van der Waals surface area contributed by atoms with Crippen molar-refractivity contribution in [2.75, 3.05) is 6.61 Å². The maximum Gasteiger partial charge on any atom is 0.135 e. The van der Waals surface area contributed by atoms with Gasteiger partial charge in [-0.1, -0.05) is 29.8 Å². The van der Waals surface area contributed by atoms with Crippen LogP contribution in [0.5, 0.6) is 5.75 Å². The van der Waals surface area contributed by atoms with Gasteiger partial charge in [0, 0.05) is 28.1 Å². The Bertz CT molecular complexity index is 399. The van der Waals surface area contributed by atoms with Gasteiger partial charge in [0.25, 0.3) is 0 Å². The molecule has 0 aliphatic carbocycles. The number of nitrogens with two attached hydrogens (primary N) is 1. The molecule has 0 bridgehead atoms. The van der Waals surface area contributed by atoms with Crippen molar-refractivity contribution in [2.24, 2.45) is 11.1 Å². The van der Waals surface area contributed by atoms with Crippen LogP contribution in [-0.2, 0) is 0 Å². The van der Waals surface area contributed by atoms with Gasteiger partial charge < -0.3 is 15.9 Å². The largest absolute Gasteiger partial charge is 0.506 e. The molecular weight excluding hydrogens is 373 g/mol. The van der Waals surface area contributed by atoms with Gasteiger partial charge in [-0.05, 0) is 28.1 Å². The number of phenols is 1. The zero-order chi connectivity index (χ0) is 12.5. The normalized spacial score (nSPS) is 13.1. The van der Waals surface area contributed by atoms with Gasteiger partial charge in [-0.2, -0.15) is 0 Å². The molecule has 0 saturated carbocycles. The Labute approximate surface area is 124 Å². The highest BCUT2D eigenvalue weighted by Crippen LogP contribution is 2.42. The van der Waals surface area contributed by atoms with Gasteiger partial charge in [-0.3, -0.25) is 0 Å². The summed E-state index contributed by atoms with van der Waals surface area (Å²) < 4.78 is 1.33. The minimum Gasteiger partial charge on any atom is -0.506 e. The summed E-state index contributed by atoms with van der Waals surface area (Å²) in [5, 5.41) is 19.3. The number of hydrogen-bond donors (Lipinski definition) is 3. The molecule has 0 aromatic heterocycles. The predicted octanol–water partition coefficient (Wildman–Crippen LogP) is 3.36. The van der Waals surface area contributed by atoms with Gasteiger partial charge in [0.15, 0.2) is 0 Å². The highest BCUT2D eigenvalue weighted by Gasteiger charge is 2.31. The van der Waals surface area contributed by atoms with Crippen LogP contribution in [0.3, 0.4) is 0 Å². The van der Waals surface area contributed by atoms with E-state index in [4.69, 9.17) is 5.73 Å². The van der Waals surface area contributed by atoms with Gasteiger partial charge in [-0.25, -0.2) is 0 Å². The lowest BCUT2D eigenvalue weighted by atomic mass is 9.81. The average Bonchev–Trinajstić information content (AvgIpc) is 2.24. The van der Waals surface area contributed by atoms with Crippen molar-refractivity contribution in [3.8, 4) is 5.75 Å². The molecule has 17 heavy (non-hydrogen) atoms. The second-order valence-corrected chi connectivity index (χ2v) is 6.12. The molecule has 0 aliphatic heterocycles. The van der Waals surface area contributed by atoms with Crippen molar-refractivity contribution in [1.82, 2.24) is 0 Å². The summed E-state index contributed by atoms with van der Waals surface area (Å²) in [5.74, 6) is 0.114. The highest BCUT2D eigenvalue weighted by molar-refractivity contribution is 9.11. The van der Waals surface area contributed by atoms with Crippen LogP contribution in [-0.4, -0.2) is 16.8 Å². The molecule has 0 saturated heterocycles. The molecule has 1 aromatic rings. The Morgan fingerprint density at radius 2 is 1.76 bits per heavy atom. The number of rotatable bonds is 3. The van der Waals surface area contributed by atoms with Crippen molar-refractivity contribution in [3.05, 3.63) is 26.6 Å². The summed E-state index contributed by atoms with van der Waals surface area (Å²) >= 11 is 6.61. The molecule has 0 heterocycles. The van der Waals surface area contributed by atoms with E-state index in [2.05, 4.69) is 31.9 Å². The molecule has 1 atom stereocenters. The third-order valence-corrected chi connectivity index (χ3v) is 4.01. The minimum atomic E-state index is -0.499. The number of halogens is 3. The van der Waals surface area contributed by atoms with Crippen LogP contribution < -0.4 is 5.73 Å². The van der Waals surface area contributed by atoms with E-state index in [9.17, 15) is 10.2 Å². The first kappa shape index (κ1) is 17.2. The Kier molecular flexibility index (Phi) is 6.46. The van der Waals surface area contributed by atoms with Crippen molar-refractivity contribution >= 4 is 44.3 Å². The third kappa shape index (κ3) is 3.58. The van der Waals surface area contributed by atoms with Crippen LogP contribution in [0, 0.1) is 5.41 Å². The fraction of sp³-hybridized carbons (Fsp3) is 0.455. The van der Waals surface area contributed by atoms with Gasteiger partial charge >= 0.3 is 0 Å². The molecule has 98 valence electrons. The number of aliphatic hydroxyl groups excluding tert-OH is 1. The second-order valence-electron chi connectivity index (χ2n) is 4.42. The highest BCUT2D eigenvalue weighted by atomic mass is 79.9. The fourth-order valence-corrected chi connectivity index (χ4v) is 2.25. The molecule has 0 spiro atoms. The van der Waals surface area contributed by atoms with Crippen LogP contribution in [0.4, 0.5) is 0 Å². The quantitative estimate of drug-likeness (QED) is 0.743. The van der Waals surface area contributed by atoms with E-state index in [1.54, 1.807) is 6.07 Å². The van der Waals surface area contributed by atoms with E-state index in [1.165, 1.54) is 0 Å². The lowest BCUT2D eigenvalue weighted by molar-refractivity contribution is 0.131. The number of hydrogen-bond acceptors (Lipinski definition) is 3. The zero-order valence-electron chi connectivity index (χ0n) is 9.58. The maximum atomic E-state index is 9.97. The molecule has 6 heteroatoms. The number of benzene rings is 1.